The molecular formula is C24H27N3O2. The van der Waals surface area contributed by atoms with Gasteiger partial charge in [-0.1, -0.05) is 48.9 Å². The van der Waals surface area contributed by atoms with E-state index in [0.717, 1.165) is 34.6 Å². The van der Waals surface area contributed by atoms with E-state index < -0.39 is 0 Å². The second-order valence-corrected chi connectivity index (χ2v) is 7.85. The quantitative estimate of drug-likeness (QED) is 0.636. The molecule has 150 valence electrons. The Balaban J connectivity index is 1.79. The molecular weight excluding hydrogens is 362 g/mol. The largest absolute Gasteiger partial charge is 0.494 e. The molecule has 1 unspecified atom stereocenters. The van der Waals surface area contributed by atoms with Crippen LogP contribution in [0.5, 0.6) is 5.75 Å². The maximum Gasteiger partial charge on any atom is 0.273 e. The fraction of sp³-hybridized carbons (Fsp3) is 0.333. The summed E-state index contributed by atoms with van der Waals surface area (Å²) in [6.07, 6.45) is 0.971. The number of hydrogen-bond donors (Lipinski definition) is 1. The van der Waals surface area contributed by atoms with Crippen molar-refractivity contribution in [1.82, 2.24) is 15.1 Å². The van der Waals surface area contributed by atoms with Crippen LogP contribution in [0.2, 0.25) is 0 Å². The third kappa shape index (κ3) is 3.41. The Bertz CT molecular complexity index is 1000. The van der Waals surface area contributed by atoms with Crippen LogP contribution >= 0.6 is 0 Å². The number of carbonyl (C=O) groups is 1. The summed E-state index contributed by atoms with van der Waals surface area (Å²) < 4.78 is 5.73. The summed E-state index contributed by atoms with van der Waals surface area (Å²) in [7, 11) is 0. The highest BCUT2D eigenvalue weighted by Crippen LogP contribution is 2.44. The number of H-pyrrole nitrogens is 1. The standard InChI is InChI=1S/C24H27N3O2/c1-5-14-29-19-12-10-18(11-13-19)23-20-21(17-8-6-16(4)7-9-17)25-26-22(20)24(28)27(23)15(2)3/h6-13,15,23H,5,14H2,1-4H3,(H,25,26). The maximum absolute atomic E-state index is 13.2. The summed E-state index contributed by atoms with van der Waals surface area (Å²) in [5.74, 6) is 0.847. The molecule has 0 aliphatic carbocycles. The molecule has 1 amide bonds. The SMILES string of the molecule is CCCOc1ccc(C2c3c(-c4ccc(C)cc4)n[nH]c3C(=O)N2C(C)C)cc1. The van der Waals surface area contributed by atoms with Crippen LogP contribution in [-0.4, -0.2) is 33.7 Å². The third-order valence-electron chi connectivity index (χ3n) is 5.35. The normalized spacial score (nSPS) is 15.8. The predicted octanol–water partition coefficient (Wildman–Crippen LogP) is 5.13. The molecule has 1 atom stereocenters. The Hall–Kier alpha value is -3.08. The average molecular weight is 389 g/mol. The highest BCUT2D eigenvalue weighted by molar-refractivity contribution is 6.00. The molecule has 1 aliphatic heterocycles. The minimum Gasteiger partial charge on any atom is -0.494 e. The van der Waals surface area contributed by atoms with Crippen molar-refractivity contribution < 1.29 is 9.53 Å². The first-order valence-corrected chi connectivity index (χ1v) is 10.2. The summed E-state index contributed by atoms with van der Waals surface area (Å²) in [6, 6.07) is 16.2. The van der Waals surface area contributed by atoms with E-state index in [1.165, 1.54) is 5.56 Å². The first-order valence-electron chi connectivity index (χ1n) is 10.2. The van der Waals surface area contributed by atoms with Gasteiger partial charge in [0.1, 0.15) is 11.4 Å². The summed E-state index contributed by atoms with van der Waals surface area (Å²) in [5.41, 5.74) is 5.65. The van der Waals surface area contributed by atoms with Crippen LogP contribution in [0.15, 0.2) is 48.5 Å². The lowest BCUT2D eigenvalue weighted by Crippen LogP contribution is -2.35. The Morgan fingerprint density at radius 2 is 1.79 bits per heavy atom. The van der Waals surface area contributed by atoms with E-state index >= 15 is 0 Å². The van der Waals surface area contributed by atoms with E-state index in [2.05, 4.69) is 74.3 Å². The summed E-state index contributed by atoms with van der Waals surface area (Å²) in [5, 5.41) is 7.53. The van der Waals surface area contributed by atoms with Crippen molar-refractivity contribution >= 4 is 5.91 Å². The topological polar surface area (TPSA) is 58.2 Å². The minimum absolute atomic E-state index is 0.00262. The summed E-state index contributed by atoms with van der Waals surface area (Å²) in [4.78, 5) is 15.1. The zero-order valence-corrected chi connectivity index (χ0v) is 17.4. The van der Waals surface area contributed by atoms with Crippen LogP contribution in [0.25, 0.3) is 11.3 Å². The number of aromatic amines is 1. The first kappa shape index (κ1) is 19.2. The van der Waals surface area contributed by atoms with E-state index in [0.29, 0.717) is 12.3 Å². The number of fused-ring (bicyclic) bond motifs is 1. The number of hydrogen-bond acceptors (Lipinski definition) is 3. The van der Waals surface area contributed by atoms with E-state index in [4.69, 9.17) is 4.74 Å². The molecule has 4 rings (SSSR count). The fourth-order valence-corrected chi connectivity index (χ4v) is 3.92. The molecule has 0 fully saturated rings. The number of ether oxygens (including phenoxy) is 1. The van der Waals surface area contributed by atoms with Crippen molar-refractivity contribution in [2.45, 2.75) is 46.2 Å². The van der Waals surface area contributed by atoms with Crippen LogP contribution < -0.4 is 4.74 Å². The van der Waals surface area contributed by atoms with Gasteiger partial charge in [0.2, 0.25) is 0 Å². The van der Waals surface area contributed by atoms with Crippen LogP contribution in [0.3, 0.4) is 0 Å². The van der Waals surface area contributed by atoms with Gasteiger partial charge in [-0.15, -0.1) is 0 Å². The number of amides is 1. The van der Waals surface area contributed by atoms with Crippen molar-refractivity contribution in [2.75, 3.05) is 6.61 Å². The minimum atomic E-state index is -0.173. The van der Waals surface area contributed by atoms with Crippen LogP contribution in [-0.2, 0) is 0 Å². The molecule has 3 aromatic rings. The lowest BCUT2D eigenvalue weighted by atomic mass is 9.95. The average Bonchev–Trinajstić information content (AvgIpc) is 3.26. The van der Waals surface area contributed by atoms with Gasteiger partial charge in [-0.2, -0.15) is 5.10 Å². The summed E-state index contributed by atoms with van der Waals surface area (Å²) in [6.45, 7) is 8.95. The number of nitrogens with zero attached hydrogens (tertiary/aromatic N) is 2. The number of carbonyl (C=O) groups excluding carboxylic acids is 1. The van der Waals surface area contributed by atoms with Crippen LogP contribution in [0.4, 0.5) is 0 Å². The van der Waals surface area contributed by atoms with Gasteiger partial charge in [0.25, 0.3) is 5.91 Å². The molecule has 29 heavy (non-hydrogen) atoms. The number of benzene rings is 2. The first-order chi connectivity index (χ1) is 14.0. The van der Waals surface area contributed by atoms with Crippen molar-refractivity contribution in [2.24, 2.45) is 0 Å². The zero-order valence-electron chi connectivity index (χ0n) is 17.4. The van der Waals surface area contributed by atoms with Crippen molar-refractivity contribution in [3.8, 4) is 17.0 Å². The molecule has 5 heteroatoms. The molecule has 2 aromatic carbocycles. The van der Waals surface area contributed by atoms with E-state index in [-0.39, 0.29) is 18.0 Å². The zero-order chi connectivity index (χ0) is 20.5. The molecule has 1 aliphatic rings. The Kier molecular flexibility index (Phi) is 5.14. The summed E-state index contributed by atoms with van der Waals surface area (Å²) >= 11 is 0. The molecule has 0 saturated heterocycles. The number of rotatable bonds is 6. The fourth-order valence-electron chi connectivity index (χ4n) is 3.92. The molecule has 0 radical (unpaired) electrons. The monoisotopic (exact) mass is 389 g/mol. The van der Waals surface area contributed by atoms with Crippen molar-refractivity contribution in [3.05, 3.63) is 70.9 Å². The predicted molar refractivity (Wildman–Crippen MR) is 114 cm³/mol. The van der Waals surface area contributed by atoms with Gasteiger partial charge in [0, 0.05) is 17.2 Å². The lowest BCUT2D eigenvalue weighted by Gasteiger charge is -2.30. The second-order valence-electron chi connectivity index (χ2n) is 7.85. The highest BCUT2D eigenvalue weighted by Gasteiger charge is 2.43. The Morgan fingerprint density at radius 1 is 1.10 bits per heavy atom. The molecule has 1 aromatic heterocycles. The third-order valence-corrected chi connectivity index (χ3v) is 5.35. The molecule has 0 saturated carbocycles. The van der Waals surface area contributed by atoms with Crippen molar-refractivity contribution in [1.29, 1.82) is 0 Å². The highest BCUT2D eigenvalue weighted by atomic mass is 16.5. The number of aryl methyl sites for hydroxylation is 1. The molecule has 5 nitrogen and oxygen atoms in total. The molecule has 0 spiro atoms. The van der Waals surface area contributed by atoms with E-state index in [1.807, 2.05) is 17.0 Å². The smallest absolute Gasteiger partial charge is 0.273 e. The maximum atomic E-state index is 13.2. The van der Waals surface area contributed by atoms with Gasteiger partial charge < -0.3 is 9.64 Å². The Morgan fingerprint density at radius 3 is 2.41 bits per heavy atom. The number of aromatic nitrogens is 2. The Labute approximate surface area is 171 Å². The van der Waals surface area contributed by atoms with Gasteiger partial charge in [-0.25, -0.2) is 0 Å². The van der Waals surface area contributed by atoms with Crippen molar-refractivity contribution in [3.63, 3.8) is 0 Å². The van der Waals surface area contributed by atoms with E-state index in [1.54, 1.807) is 0 Å². The molecule has 1 N–H and O–H groups in total. The second kappa shape index (κ2) is 7.74. The van der Waals surface area contributed by atoms with Gasteiger partial charge >= 0.3 is 0 Å². The van der Waals surface area contributed by atoms with Crippen LogP contribution in [0, 0.1) is 6.92 Å². The number of nitrogens with one attached hydrogen (secondary N) is 1. The van der Waals surface area contributed by atoms with Gasteiger partial charge in [-0.05, 0) is 44.9 Å². The van der Waals surface area contributed by atoms with Gasteiger partial charge in [-0.3, -0.25) is 9.89 Å². The molecule has 2 heterocycles. The molecule has 0 bridgehead atoms. The van der Waals surface area contributed by atoms with Crippen LogP contribution in [0.1, 0.15) is 60.4 Å². The van der Waals surface area contributed by atoms with E-state index in [9.17, 15) is 4.79 Å². The van der Waals surface area contributed by atoms with Gasteiger partial charge in [0.05, 0.1) is 18.3 Å². The lowest BCUT2D eigenvalue weighted by molar-refractivity contribution is 0.0688. The van der Waals surface area contributed by atoms with Gasteiger partial charge in [0.15, 0.2) is 0 Å².